The third kappa shape index (κ3) is 7.08. The first-order valence-corrected chi connectivity index (χ1v) is 13.6. The number of fused-ring (bicyclic) bond motifs is 1. The van der Waals surface area contributed by atoms with Crippen molar-refractivity contribution in [2.75, 3.05) is 0 Å². The molecule has 0 aliphatic rings. The van der Waals surface area contributed by atoms with E-state index in [2.05, 4.69) is 67.3 Å². The number of benzene rings is 4. The molecule has 0 aliphatic heterocycles. The number of rotatable bonds is 10. The Balaban J connectivity index is 1.30. The molecule has 4 rings (SSSR count). The third-order valence-electron chi connectivity index (χ3n) is 7.01. The van der Waals surface area contributed by atoms with Crippen molar-refractivity contribution in [3.8, 4) is 11.8 Å². The SMILES string of the molecule is CCCCCCCc1ccc(CCc2ccc(C#Cc3ccc4c(F)c(CC)ccc4c3)cc2)cc1. The van der Waals surface area contributed by atoms with E-state index in [1.54, 1.807) is 0 Å². The molecule has 0 nitrogen and oxygen atoms in total. The molecular weight excluding hydrogens is 439 g/mol. The largest absolute Gasteiger partial charge is 0.206 e. The molecule has 0 N–H and O–H groups in total. The van der Waals surface area contributed by atoms with E-state index in [4.69, 9.17) is 0 Å². The summed E-state index contributed by atoms with van der Waals surface area (Å²) in [6.45, 7) is 4.24. The van der Waals surface area contributed by atoms with Gasteiger partial charge < -0.3 is 0 Å². The summed E-state index contributed by atoms with van der Waals surface area (Å²) < 4.78 is 14.5. The van der Waals surface area contributed by atoms with Gasteiger partial charge in [0.05, 0.1) is 0 Å². The molecule has 184 valence electrons. The van der Waals surface area contributed by atoms with Crippen molar-refractivity contribution in [3.63, 3.8) is 0 Å². The van der Waals surface area contributed by atoms with E-state index in [0.717, 1.165) is 34.9 Å². The Kier molecular flexibility index (Phi) is 9.34. The van der Waals surface area contributed by atoms with Crippen molar-refractivity contribution >= 4 is 10.8 Å². The summed E-state index contributed by atoms with van der Waals surface area (Å²) in [5.74, 6) is 6.38. The van der Waals surface area contributed by atoms with Crippen LogP contribution in [0.15, 0.2) is 78.9 Å². The Bertz CT molecular complexity index is 1320. The van der Waals surface area contributed by atoms with E-state index in [9.17, 15) is 4.39 Å². The van der Waals surface area contributed by atoms with Gasteiger partial charge in [0.2, 0.25) is 0 Å². The molecule has 0 atom stereocenters. The topological polar surface area (TPSA) is 0 Å². The van der Waals surface area contributed by atoms with Gasteiger partial charge in [-0.05, 0) is 84.0 Å². The van der Waals surface area contributed by atoms with Crippen molar-refractivity contribution < 1.29 is 4.39 Å². The number of halogens is 1. The molecule has 36 heavy (non-hydrogen) atoms. The first kappa shape index (κ1) is 25.7. The fraction of sp³-hybridized carbons (Fsp3) is 0.314. The van der Waals surface area contributed by atoms with Gasteiger partial charge in [0.1, 0.15) is 5.82 Å². The zero-order valence-corrected chi connectivity index (χ0v) is 21.7. The van der Waals surface area contributed by atoms with E-state index >= 15 is 0 Å². The summed E-state index contributed by atoms with van der Waals surface area (Å²) >= 11 is 0. The molecule has 0 heterocycles. The summed E-state index contributed by atoms with van der Waals surface area (Å²) in [5, 5.41) is 1.56. The lowest BCUT2D eigenvalue weighted by Gasteiger charge is -2.06. The summed E-state index contributed by atoms with van der Waals surface area (Å²) in [6.07, 6.45) is 10.6. The smallest absolute Gasteiger partial charge is 0.134 e. The molecule has 0 aliphatic carbocycles. The number of aryl methyl sites for hydroxylation is 4. The van der Waals surface area contributed by atoms with Crippen LogP contribution in [0.5, 0.6) is 0 Å². The highest BCUT2D eigenvalue weighted by Crippen LogP contribution is 2.23. The van der Waals surface area contributed by atoms with Crippen LogP contribution < -0.4 is 0 Å². The molecule has 0 amide bonds. The molecular formula is C35H37F. The Labute approximate surface area is 216 Å². The normalized spacial score (nSPS) is 10.9. The van der Waals surface area contributed by atoms with Crippen LogP contribution in [0.3, 0.4) is 0 Å². The average molecular weight is 477 g/mol. The molecule has 0 saturated heterocycles. The molecule has 0 spiro atoms. The highest BCUT2D eigenvalue weighted by atomic mass is 19.1. The fourth-order valence-corrected chi connectivity index (χ4v) is 4.68. The summed E-state index contributed by atoms with van der Waals surface area (Å²) in [7, 11) is 0. The fourth-order valence-electron chi connectivity index (χ4n) is 4.68. The third-order valence-corrected chi connectivity index (χ3v) is 7.01. The second-order valence-corrected chi connectivity index (χ2v) is 9.76. The minimum absolute atomic E-state index is 0.112. The van der Waals surface area contributed by atoms with Crippen LogP contribution >= 0.6 is 0 Å². The second kappa shape index (κ2) is 13.1. The van der Waals surface area contributed by atoms with Crippen LogP contribution in [0.4, 0.5) is 4.39 Å². The van der Waals surface area contributed by atoms with E-state index in [1.807, 2.05) is 37.3 Å². The van der Waals surface area contributed by atoms with Crippen LogP contribution in [0.1, 0.15) is 79.3 Å². The quantitative estimate of drug-likeness (QED) is 0.158. The molecule has 0 radical (unpaired) electrons. The highest BCUT2D eigenvalue weighted by Gasteiger charge is 2.06. The average Bonchev–Trinajstić information content (AvgIpc) is 2.92. The summed E-state index contributed by atoms with van der Waals surface area (Å²) in [5.41, 5.74) is 6.84. The molecule has 1 heteroatoms. The van der Waals surface area contributed by atoms with E-state index < -0.39 is 0 Å². The first-order chi connectivity index (χ1) is 17.7. The number of hydrogen-bond acceptors (Lipinski definition) is 0. The maximum absolute atomic E-state index is 14.5. The van der Waals surface area contributed by atoms with Crippen molar-refractivity contribution in [2.24, 2.45) is 0 Å². The van der Waals surface area contributed by atoms with E-state index in [0.29, 0.717) is 11.8 Å². The molecule has 0 saturated carbocycles. The van der Waals surface area contributed by atoms with Gasteiger partial charge in [0, 0.05) is 16.5 Å². The predicted octanol–water partition coefficient (Wildman–Crippen LogP) is 9.24. The monoisotopic (exact) mass is 476 g/mol. The number of hydrogen-bond donors (Lipinski definition) is 0. The van der Waals surface area contributed by atoms with Gasteiger partial charge in [-0.1, -0.05) is 106 Å². The molecule has 0 bridgehead atoms. The van der Waals surface area contributed by atoms with Crippen molar-refractivity contribution in [3.05, 3.63) is 118 Å². The van der Waals surface area contributed by atoms with Gasteiger partial charge in [-0.15, -0.1) is 0 Å². The Hall–Kier alpha value is -3.37. The molecule has 0 fully saturated rings. The van der Waals surface area contributed by atoms with E-state index in [1.165, 1.54) is 55.2 Å². The van der Waals surface area contributed by atoms with Crippen LogP contribution in [0.2, 0.25) is 0 Å². The van der Waals surface area contributed by atoms with Gasteiger partial charge >= 0.3 is 0 Å². The molecule has 4 aromatic rings. The first-order valence-electron chi connectivity index (χ1n) is 13.6. The lowest BCUT2D eigenvalue weighted by atomic mass is 10.00. The molecule has 0 aromatic heterocycles. The lowest BCUT2D eigenvalue weighted by molar-refractivity contribution is 0.624. The predicted molar refractivity (Wildman–Crippen MR) is 152 cm³/mol. The van der Waals surface area contributed by atoms with Gasteiger partial charge in [-0.2, -0.15) is 0 Å². The zero-order valence-electron chi connectivity index (χ0n) is 21.7. The van der Waals surface area contributed by atoms with Gasteiger partial charge in [0.25, 0.3) is 0 Å². The minimum atomic E-state index is -0.112. The van der Waals surface area contributed by atoms with E-state index in [-0.39, 0.29) is 5.82 Å². The summed E-state index contributed by atoms with van der Waals surface area (Å²) in [4.78, 5) is 0. The summed E-state index contributed by atoms with van der Waals surface area (Å²) in [6, 6.07) is 27.3. The minimum Gasteiger partial charge on any atom is -0.206 e. The van der Waals surface area contributed by atoms with Gasteiger partial charge in [-0.3, -0.25) is 0 Å². The highest BCUT2D eigenvalue weighted by molar-refractivity contribution is 5.85. The maximum atomic E-state index is 14.5. The van der Waals surface area contributed by atoms with Gasteiger partial charge in [0.15, 0.2) is 0 Å². The Morgan fingerprint density at radius 3 is 1.83 bits per heavy atom. The lowest BCUT2D eigenvalue weighted by Crippen LogP contribution is -1.93. The van der Waals surface area contributed by atoms with Crippen molar-refractivity contribution in [2.45, 2.75) is 71.6 Å². The second-order valence-electron chi connectivity index (χ2n) is 9.76. The zero-order chi connectivity index (χ0) is 25.2. The van der Waals surface area contributed by atoms with Crippen LogP contribution in [0, 0.1) is 17.7 Å². The van der Waals surface area contributed by atoms with Crippen LogP contribution in [-0.4, -0.2) is 0 Å². The standard InChI is InChI=1S/C35H37F/c1-3-5-6-7-8-9-27-10-12-28(13-11-27)14-15-29-16-18-30(19-17-29)20-21-31-22-25-34-33(26-31)24-23-32(4-2)35(34)36/h10-13,16-19,22-26H,3-9,14-15H2,1-2H3. The Morgan fingerprint density at radius 2 is 1.17 bits per heavy atom. The molecule has 0 unspecified atom stereocenters. The van der Waals surface area contributed by atoms with Gasteiger partial charge in [-0.25, -0.2) is 4.39 Å². The van der Waals surface area contributed by atoms with Crippen molar-refractivity contribution in [1.82, 2.24) is 0 Å². The maximum Gasteiger partial charge on any atom is 0.134 e. The number of unbranched alkanes of at least 4 members (excludes halogenated alkanes) is 4. The Morgan fingerprint density at radius 1 is 0.583 bits per heavy atom. The van der Waals surface area contributed by atoms with Crippen LogP contribution in [-0.2, 0) is 25.7 Å². The van der Waals surface area contributed by atoms with Crippen LogP contribution in [0.25, 0.3) is 10.8 Å². The van der Waals surface area contributed by atoms with Crippen molar-refractivity contribution in [1.29, 1.82) is 0 Å². The molecule has 4 aromatic carbocycles.